The molecule has 0 aliphatic rings. The van der Waals surface area contributed by atoms with Gasteiger partial charge >= 0.3 is 0 Å². The van der Waals surface area contributed by atoms with Gasteiger partial charge in [-0.2, -0.15) is 0 Å². The molecule has 0 atom stereocenters. The van der Waals surface area contributed by atoms with Gasteiger partial charge in [0.1, 0.15) is 0 Å². The molecule has 0 spiro atoms. The minimum absolute atomic E-state index is 0.106. The molecule has 0 radical (unpaired) electrons. The molecule has 0 saturated heterocycles. The Bertz CT molecular complexity index is 686. The smallest absolute Gasteiger partial charge is 0.270 e. The van der Waals surface area contributed by atoms with E-state index in [9.17, 15) is 14.9 Å². The first-order valence-electron chi connectivity index (χ1n) is 5.69. The molecule has 0 bridgehead atoms. The van der Waals surface area contributed by atoms with E-state index in [-0.39, 0.29) is 17.9 Å². The van der Waals surface area contributed by atoms with E-state index in [2.05, 4.69) is 0 Å². The maximum Gasteiger partial charge on any atom is 0.270 e. The normalized spacial score (nSPS) is 10.3. The van der Waals surface area contributed by atoms with Crippen LogP contribution >= 0.6 is 23.2 Å². The van der Waals surface area contributed by atoms with E-state index in [1.807, 2.05) is 0 Å². The molecule has 0 N–H and O–H groups in total. The summed E-state index contributed by atoms with van der Waals surface area (Å²) in [6.07, 6.45) is 0.109. The van der Waals surface area contributed by atoms with E-state index in [0.29, 0.717) is 21.2 Å². The number of carbonyl (C=O) groups is 1. The molecule has 0 fully saturated rings. The van der Waals surface area contributed by atoms with Crippen LogP contribution in [-0.2, 0) is 6.42 Å². The predicted molar refractivity (Wildman–Crippen MR) is 77.6 cm³/mol. The van der Waals surface area contributed by atoms with Gasteiger partial charge in [0, 0.05) is 24.1 Å². The van der Waals surface area contributed by atoms with E-state index >= 15 is 0 Å². The third-order valence-electron chi connectivity index (χ3n) is 2.73. The zero-order valence-electron chi connectivity index (χ0n) is 10.2. The van der Waals surface area contributed by atoms with Gasteiger partial charge in [-0.15, -0.1) is 0 Å². The van der Waals surface area contributed by atoms with Gasteiger partial charge in [-0.1, -0.05) is 41.4 Å². The Morgan fingerprint density at radius 3 is 2.50 bits per heavy atom. The van der Waals surface area contributed by atoms with Crippen LogP contribution in [-0.4, -0.2) is 10.7 Å². The van der Waals surface area contributed by atoms with Gasteiger partial charge in [-0.3, -0.25) is 14.9 Å². The zero-order valence-corrected chi connectivity index (χ0v) is 11.7. The number of halogens is 2. The van der Waals surface area contributed by atoms with E-state index in [0.717, 1.165) is 0 Å². The molecule has 0 amide bonds. The molecule has 0 aliphatic heterocycles. The van der Waals surface area contributed by atoms with Crippen molar-refractivity contribution in [2.24, 2.45) is 0 Å². The second kappa shape index (κ2) is 6.03. The highest BCUT2D eigenvalue weighted by Crippen LogP contribution is 2.23. The Morgan fingerprint density at radius 2 is 1.85 bits per heavy atom. The van der Waals surface area contributed by atoms with Gasteiger partial charge in [0.2, 0.25) is 0 Å². The van der Waals surface area contributed by atoms with Crippen LogP contribution in [0.5, 0.6) is 0 Å². The molecular weight excluding hydrogens is 301 g/mol. The first-order chi connectivity index (χ1) is 9.47. The topological polar surface area (TPSA) is 60.2 Å². The Labute approximate surface area is 125 Å². The highest BCUT2D eigenvalue weighted by atomic mass is 35.5. The fourth-order valence-electron chi connectivity index (χ4n) is 1.73. The number of hydrogen-bond donors (Lipinski definition) is 0. The standard InChI is InChI=1S/C14H9Cl2NO3/c15-12-5-4-9(6-13(12)16)7-14(18)10-2-1-3-11(8-10)17(19)20/h1-6,8H,7H2. The number of non-ortho nitro benzene ring substituents is 1. The molecule has 0 unspecified atom stereocenters. The Hall–Kier alpha value is -1.91. The summed E-state index contributed by atoms with van der Waals surface area (Å²) in [5.74, 6) is -0.216. The van der Waals surface area contributed by atoms with Crippen LogP contribution in [0.2, 0.25) is 10.0 Å². The second-order valence-corrected chi connectivity index (χ2v) is 4.97. The van der Waals surface area contributed by atoms with E-state index in [4.69, 9.17) is 23.2 Å². The van der Waals surface area contributed by atoms with Crippen molar-refractivity contribution in [3.8, 4) is 0 Å². The Balaban J connectivity index is 2.21. The molecule has 2 rings (SSSR count). The van der Waals surface area contributed by atoms with Gasteiger partial charge in [-0.25, -0.2) is 0 Å². The van der Waals surface area contributed by atoms with Crippen molar-refractivity contribution in [2.75, 3.05) is 0 Å². The molecule has 0 heterocycles. The average molecular weight is 310 g/mol. The summed E-state index contributed by atoms with van der Waals surface area (Å²) in [4.78, 5) is 22.2. The van der Waals surface area contributed by atoms with Gasteiger partial charge in [0.25, 0.3) is 5.69 Å². The van der Waals surface area contributed by atoms with Crippen molar-refractivity contribution >= 4 is 34.7 Å². The van der Waals surface area contributed by atoms with Crippen LogP contribution in [0.4, 0.5) is 5.69 Å². The van der Waals surface area contributed by atoms with Crippen molar-refractivity contribution in [1.82, 2.24) is 0 Å². The van der Waals surface area contributed by atoms with Gasteiger partial charge < -0.3 is 0 Å². The largest absolute Gasteiger partial charge is 0.294 e. The maximum absolute atomic E-state index is 12.1. The lowest BCUT2D eigenvalue weighted by molar-refractivity contribution is -0.384. The molecule has 20 heavy (non-hydrogen) atoms. The first-order valence-corrected chi connectivity index (χ1v) is 6.44. The molecule has 2 aromatic rings. The third-order valence-corrected chi connectivity index (χ3v) is 3.47. The number of nitro benzene ring substituents is 1. The van der Waals surface area contributed by atoms with Gasteiger partial charge in [0.15, 0.2) is 5.78 Å². The quantitative estimate of drug-likeness (QED) is 0.480. The lowest BCUT2D eigenvalue weighted by Gasteiger charge is -2.03. The summed E-state index contributed by atoms with van der Waals surface area (Å²) in [7, 11) is 0. The fraction of sp³-hybridized carbons (Fsp3) is 0.0714. The highest BCUT2D eigenvalue weighted by Gasteiger charge is 2.12. The number of benzene rings is 2. The number of nitro groups is 1. The van der Waals surface area contributed by atoms with Crippen LogP contribution < -0.4 is 0 Å². The van der Waals surface area contributed by atoms with Crippen molar-refractivity contribution in [3.63, 3.8) is 0 Å². The molecule has 0 aromatic heterocycles. The average Bonchev–Trinajstić information content (AvgIpc) is 2.43. The Morgan fingerprint density at radius 1 is 1.10 bits per heavy atom. The first kappa shape index (κ1) is 14.5. The van der Waals surface area contributed by atoms with Crippen LogP contribution in [0.1, 0.15) is 15.9 Å². The summed E-state index contributed by atoms with van der Waals surface area (Å²) in [5, 5.41) is 11.5. The van der Waals surface area contributed by atoms with Crippen molar-refractivity contribution in [2.45, 2.75) is 6.42 Å². The van der Waals surface area contributed by atoms with Gasteiger partial charge in [-0.05, 0) is 17.7 Å². The van der Waals surface area contributed by atoms with E-state index in [1.165, 1.54) is 18.2 Å². The maximum atomic E-state index is 12.1. The minimum atomic E-state index is -0.532. The van der Waals surface area contributed by atoms with Crippen LogP contribution in [0.3, 0.4) is 0 Å². The summed E-state index contributed by atoms with van der Waals surface area (Å²) < 4.78 is 0. The Kier molecular flexibility index (Phi) is 4.37. The fourth-order valence-corrected chi connectivity index (χ4v) is 2.05. The van der Waals surface area contributed by atoms with Crippen molar-refractivity contribution < 1.29 is 9.72 Å². The predicted octanol–water partition coefficient (Wildman–Crippen LogP) is 4.33. The van der Waals surface area contributed by atoms with Gasteiger partial charge in [0.05, 0.1) is 15.0 Å². The molecule has 102 valence electrons. The van der Waals surface area contributed by atoms with E-state index < -0.39 is 4.92 Å². The number of rotatable bonds is 4. The zero-order chi connectivity index (χ0) is 14.7. The molecule has 2 aromatic carbocycles. The lowest BCUT2D eigenvalue weighted by atomic mass is 10.0. The summed E-state index contributed by atoms with van der Waals surface area (Å²) >= 11 is 11.7. The number of Topliss-reactive ketones (excluding diaryl/α,β-unsaturated/α-hetero) is 1. The molecule has 0 aliphatic carbocycles. The van der Waals surface area contributed by atoms with E-state index in [1.54, 1.807) is 24.3 Å². The van der Waals surface area contributed by atoms with Crippen molar-refractivity contribution in [1.29, 1.82) is 0 Å². The monoisotopic (exact) mass is 309 g/mol. The molecular formula is C14H9Cl2NO3. The molecule has 4 nitrogen and oxygen atoms in total. The van der Waals surface area contributed by atoms with Crippen LogP contribution in [0.15, 0.2) is 42.5 Å². The number of ketones is 1. The summed E-state index contributed by atoms with van der Waals surface area (Å²) in [6, 6.07) is 10.6. The van der Waals surface area contributed by atoms with Crippen molar-refractivity contribution in [3.05, 3.63) is 73.8 Å². The SMILES string of the molecule is O=C(Cc1ccc(Cl)c(Cl)c1)c1cccc([N+](=O)[O-])c1. The molecule has 0 saturated carbocycles. The summed E-state index contributed by atoms with van der Waals surface area (Å²) in [5.41, 5.74) is 0.895. The second-order valence-electron chi connectivity index (χ2n) is 4.16. The van der Waals surface area contributed by atoms with Crippen LogP contribution in [0.25, 0.3) is 0 Å². The lowest BCUT2D eigenvalue weighted by Crippen LogP contribution is -2.04. The summed E-state index contributed by atoms with van der Waals surface area (Å²) in [6.45, 7) is 0. The highest BCUT2D eigenvalue weighted by molar-refractivity contribution is 6.42. The minimum Gasteiger partial charge on any atom is -0.294 e. The van der Waals surface area contributed by atoms with Crippen LogP contribution in [0, 0.1) is 10.1 Å². The molecule has 6 heteroatoms. The number of carbonyl (C=O) groups excluding carboxylic acids is 1. The number of nitrogens with zero attached hydrogens (tertiary/aromatic N) is 1. The number of hydrogen-bond acceptors (Lipinski definition) is 3. The third kappa shape index (κ3) is 3.35.